The van der Waals surface area contributed by atoms with E-state index in [1.807, 2.05) is 36.4 Å². The van der Waals surface area contributed by atoms with Gasteiger partial charge < -0.3 is 10.5 Å². The van der Waals surface area contributed by atoms with Crippen LogP contribution < -0.4 is 10.5 Å². The standard InChI is InChI=1S/C21H16FN3O/c1-26-19-11-10-16(13-6-2-3-8-15(13)19)20-17(12-24-21(23)25-20)14-7-4-5-9-18(14)22/h2-12H,1H3,(H2,23,24,25). The molecule has 1 heterocycles. The zero-order valence-electron chi connectivity index (χ0n) is 14.1. The lowest BCUT2D eigenvalue weighted by atomic mass is 9.95. The summed E-state index contributed by atoms with van der Waals surface area (Å²) in [6.45, 7) is 0. The van der Waals surface area contributed by atoms with Crippen molar-refractivity contribution in [1.82, 2.24) is 9.97 Å². The molecule has 0 aliphatic heterocycles. The van der Waals surface area contributed by atoms with Gasteiger partial charge in [-0.1, -0.05) is 42.5 Å². The van der Waals surface area contributed by atoms with Crippen LogP contribution in [0.25, 0.3) is 33.2 Å². The molecule has 3 aromatic carbocycles. The van der Waals surface area contributed by atoms with E-state index in [-0.39, 0.29) is 11.8 Å². The molecular weight excluding hydrogens is 329 g/mol. The quantitative estimate of drug-likeness (QED) is 0.585. The van der Waals surface area contributed by atoms with Crippen LogP contribution in [-0.2, 0) is 0 Å². The van der Waals surface area contributed by atoms with Crippen LogP contribution in [0.2, 0.25) is 0 Å². The zero-order valence-corrected chi connectivity index (χ0v) is 14.1. The van der Waals surface area contributed by atoms with Crippen LogP contribution >= 0.6 is 0 Å². The number of nitrogens with zero attached hydrogens (tertiary/aromatic N) is 2. The fourth-order valence-corrected chi connectivity index (χ4v) is 3.13. The van der Waals surface area contributed by atoms with E-state index in [4.69, 9.17) is 10.5 Å². The summed E-state index contributed by atoms with van der Waals surface area (Å²) in [6.07, 6.45) is 1.56. The Balaban J connectivity index is 2.05. The maximum Gasteiger partial charge on any atom is 0.220 e. The Morgan fingerprint density at radius 1 is 0.846 bits per heavy atom. The van der Waals surface area contributed by atoms with Gasteiger partial charge in [-0.25, -0.2) is 14.4 Å². The molecule has 0 aliphatic carbocycles. The minimum atomic E-state index is -0.333. The maximum atomic E-state index is 14.4. The second kappa shape index (κ2) is 6.44. The largest absolute Gasteiger partial charge is 0.496 e. The van der Waals surface area contributed by atoms with Crippen molar-refractivity contribution in [3.63, 3.8) is 0 Å². The maximum absolute atomic E-state index is 14.4. The van der Waals surface area contributed by atoms with Gasteiger partial charge in [0.2, 0.25) is 5.95 Å². The molecule has 0 aliphatic rings. The van der Waals surface area contributed by atoms with E-state index in [0.29, 0.717) is 16.8 Å². The molecule has 0 spiro atoms. The van der Waals surface area contributed by atoms with Gasteiger partial charge in [0.25, 0.3) is 0 Å². The predicted molar refractivity (Wildman–Crippen MR) is 101 cm³/mol. The molecule has 0 unspecified atom stereocenters. The summed E-state index contributed by atoms with van der Waals surface area (Å²) < 4.78 is 19.9. The SMILES string of the molecule is COc1ccc(-c2nc(N)ncc2-c2ccccc2F)c2ccccc12. The highest BCUT2D eigenvalue weighted by Crippen LogP contribution is 2.38. The van der Waals surface area contributed by atoms with Crippen molar-refractivity contribution in [2.75, 3.05) is 12.8 Å². The third-order valence-electron chi connectivity index (χ3n) is 4.33. The Morgan fingerprint density at radius 2 is 1.58 bits per heavy atom. The average Bonchev–Trinajstić information content (AvgIpc) is 2.68. The Morgan fingerprint density at radius 3 is 2.35 bits per heavy atom. The van der Waals surface area contributed by atoms with Crippen molar-refractivity contribution >= 4 is 16.7 Å². The predicted octanol–water partition coefficient (Wildman–Crippen LogP) is 4.69. The molecule has 26 heavy (non-hydrogen) atoms. The monoisotopic (exact) mass is 345 g/mol. The lowest BCUT2D eigenvalue weighted by Gasteiger charge is -2.14. The summed E-state index contributed by atoms with van der Waals surface area (Å²) in [4.78, 5) is 8.50. The van der Waals surface area contributed by atoms with Gasteiger partial charge in [-0.15, -0.1) is 0 Å². The van der Waals surface area contributed by atoms with Crippen LogP contribution in [0.3, 0.4) is 0 Å². The number of hydrogen-bond donors (Lipinski definition) is 1. The summed E-state index contributed by atoms with van der Waals surface area (Å²) in [5, 5.41) is 1.90. The second-order valence-electron chi connectivity index (χ2n) is 5.83. The smallest absolute Gasteiger partial charge is 0.220 e. The number of halogens is 1. The van der Waals surface area contributed by atoms with Crippen LogP contribution in [0.5, 0.6) is 5.75 Å². The molecule has 0 saturated heterocycles. The number of hydrogen-bond acceptors (Lipinski definition) is 4. The van der Waals surface area contributed by atoms with Gasteiger partial charge in [-0.2, -0.15) is 0 Å². The number of nitrogen functional groups attached to an aromatic ring is 1. The first-order valence-electron chi connectivity index (χ1n) is 8.12. The van der Waals surface area contributed by atoms with Gasteiger partial charge in [0.05, 0.1) is 12.8 Å². The van der Waals surface area contributed by atoms with Crippen LogP contribution in [-0.4, -0.2) is 17.1 Å². The highest BCUT2D eigenvalue weighted by molar-refractivity contribution is 6.02. The minimum Gasteiger partial charge on any atom is -0.496 e. The van der Waals surface area contributed by atoms with Crippen molar-refractivity contribution in [2.24, 2.45) is 0 Å². The topological polar surface area (TPSA) is 61.0 Å². The van der Waals surface area contributed by atoms with Crippen LogP contribution in [0.15, 0.2) is 66.9 Å². The number of benzene rings is 3. The molecule has 0 fully saturated rings. The summed E-state index contributed by atoms with van der Waals surface area (Å²) in [5.74, 6) is 0.568. The van der Waals surface area contributed by atoms with Crippen LogP contribution in [0, 0.1) is 5.82 Å². The van der Waals surface area contributed by atoms with Crippen LogP contribution in [0.1, 0.15) is 0 Å². The van der Waals surface area contributed by atoms with E-state index in [1.165, 1.54) is 6.07 Å². The van der Waals surface area contributed by atoms with Crippen molar-refractivity contribution in [2.45, 2.75) is 0 Å². The molecule has 0 atom stereocenters. The average molecular weight is 345 g/mol. The Labute approximate surface area is 150 Å². The first kappa shape index (κ1) is 16.0. The molecule has 0 bridgehead atoms. The number of methoxy groups -OCH3 is 1. The van der Waals surface area contributed by atoms with Gasteiger partial charge in [0.15, 0.2) is 0 Å². The lowest BCUT2D eigenvalue weighted by molar-refractivity contribution is 0.420. The molecule has 1 aromatic heterocycles. The van der Waals surface area contributed by atoms with Crippen molar-refractivity contribution in [1.29, 1.82) is 0 Å². The third-order valence-corrected chi connectivity index (χ3v) is 4.33. The number of rotatable bonds is 3. The number of anilines is 1. The number of fused-ring (bicyclic) bond motifs is 1. The third kappa shape index (κ3) is 2.63. The van der Waals surface area contributed by atoms with Gasteiger partial charge in [0, 0.05) is 28.3 Å². The highest BCUT2D eigenvalue weighted by atomic mass is 19.1. The van der Waals surface area contributed by atoms with E-state index in [2.05, 4.69) is 9.97 Å². The summed E-state index contributed by atoms with van der Waals surface area (Å²) in [7, 11) is 1.63. The van der Waals surface area contributed by atoms with Crippen molar-refractivity contribution in [3.8, 4) is 28.1 Å². The van der Waals surface area contributed by atoms with Gasteiger partial charge in [-0.05, 0) is 23.6 Å². The minimum absolute atomic E-state index is 0.139. The molecule has 2 N–H and O–H groups in total. The molecule has 4 rings (SSSR count). The second-order valence-corrected chi connectivity index (χ2v) is 5.83. The van der Waals surface area contributed by atoms with Gasteiger partial charge in [-0.3, -0.25) is 0 Å². The normalized spacial score (nSPS) is 10.8. The van der Waals surface area contributed by atoms with E-state index in [9.17, 15) is 4.39 Å². The van der Waals surface area contributed by atoms with E-state index >= 15 is 0 Å². The zero-order chi connectivity index (χ0) is 18.1. The fourth-order valence-electron chi connectivity index (χ4n) is 3.13. The molecule has 4 nitrogen and oxygen atoms in total. The number of nitrogens with two attached hydrogens (primary N) is 1. The first-order chi connectivity index (χ1) is 12.7. The summed E-state index contributed by atoms with van der Waals surface area (Å²) >= 11 is 0. The van der Waals surface area contributed by atoms with Crippen molar-refractivity contribution < 1.29 is 9.13 Å². The van der Waals surface area contributed by atoms with Gasteiger partial charge in [0.1, 0.15) is 11.6 Å². The molecule has 5 heteroatoms. The Kier molecular flexibility index (Phi) is 3.97. The first-order valence-corrected chi connectivity index (χ1v) is 8.12. The summed E-state index contributed by atoms with van der Waals surface area (Å²) in [5.41, 5.74) is 8.29. The Hall–Kier alpha value is -3.47. The van der Waals surface area contributed by atoms with Crippen LogP contribution in [0.4, 0.5) is 10.3 Å². The lowest BCUT2D eigenvalue weighted by Crippen LogP contribution is -2.00. The van der Waals surface area contributed by atoms with E-state index in [1.54, 1.807) is 31.5 Å². The molecule has 128 valence electrons. The molecule has 0 radical (unpaired) electrons. The number of aromatic nitrogens is 2. The fraction of sp³-hybridized carbons (Fsp3) is 0.0476. The van der Waals surface area contributed by atoms with E-state index in [0.717, 1.165) is 22.1 Å². The molecule has 0 saturated carbocycles. The molecule has 0 amide bonds. The number of ether oxygens (including phenoxy) is 1. The highest BCUT2D eigenvalue weighted by Gasteiger charge is 2.17. The molecule has 4 aromatic rings. The molecular formula is C21H16FN3O. The summed E-state index contributed by atoms with van der Waals surface area (Å²) in [6, 6.07) is 18.2. The van der Waals surface area contributed by atoms with Crippen molar-refractivity contribution in [3.05, 3.63) is 72.7 Å². The Bertz CT molecular complexity index is 1110. The van der Waals surface area contributed by atoms with E-state index < -0.39 is 0 Å². The van der Waals surface area contributed by atoms with Gasteiger partial charge >= 0.3 is 0 Å².